The quantitative estimate of drug-likeness (QED) is 0.548. The van der Waals surface area contributed by atoms with Crippen LogP contribution in [0.3, 0.4) is 0 Å². The van der Waals surface area contributed by atoms with Crippen molar-refractivity contribution >= 4 is 22.8 Å². The first-order valence-electron chi connectivity index (χ1n) is 10.8. The monoisotopic (exact) mass is 424 g/mol. The largest absolute Gasteiger partial charge is 0.467 e. The zero-order chi connectivity index (χ0) is 21.9. The van der Waals surface area contributed by atoms with Crippen LogP contribution in [0.1, 0.15) is 37.6 Å². The highest BCUT2D eigenvalue weighted by Gasteiger charge is 2.64. The average Bonchev–Trinajstić information content (AvgIpc) is 3.14. The predicted octanol–water partition coefficient (Wildman–Crippen LogP) is 2.92. The predicted molar refractivity (Wildman–Crippen MR) is 114 cm³/mol. The number of fused-ring (bicyclic) bond motifs is 5. The number of methoxy groups -OCH3 is 2. The van der Waals surface area contributed by atoms with E-state index in [0.717, 1.165) is 28.6 Å². The van der Waals surface area contributed by atoms with Crippen LogP contribution in [-0.2, 0) is 35.8 Å². The fourth-order valence-corrected chi connectivity index (χ4v) is 6.18. The average molecular weight is 424 g/mol. The number of hydrogen-bond acceptors (Lipinski definition) is 5. The number of carbonyl (C=O) groups is 2. The number of ether oxygens (including phenoxy) is 3. The minimum absolute atomic E-state index is 0.0513. The van der Waals surface area contributed by atoms with Gasteiger partial charge in [0.1, 0.15) is 0 Å². The summed E-state index contributed by atoms with van der Waals surface area (Å²) in [5.74, 6) is -0.550. The third-order valence-corrected chi connectivity index (χ3v) is 7.38. The van der Waals surface area contributed by atoms with Gasteiger partial charge in [-0.3, -0.25) is 4.79 Å². The second-order valence-electron chi connectivity index (χ2n) is 8.54. The second kappa shape index (κ2) is 7.21. The van der Waals surface area contributed by atoms with E-state index in [9.17, 15) is 9.59 Å². The molecule has 4 heterocycles. The SMILES string of the molecule is C/C=C1/CO[C@@H](OC)[C@]2(C(=O)OC)[C@H]1C[C@H]1c3c(c4ccccc4n32)CCN1C(C)=O. The molecule has 1 aromatic heterocycles. The van der Waals surface area contributed by atoms with Gasteiger partial charge in [-0.25, -0.2) is 4.79 Å². The molecule has 4 atom stereocenters. The van der Waals surface area contributed by atoms with Crippen molar-refractivity contribution in [1.29, 1.82) is 0 Å². The van der Waals surface area contributed by atoms with Crippen LogP contribution in [0.15, 0.2) is 35.9 Å². The van der Waals surface area contributed by atoms with E-state index in [1.54, 1.807) is 14.0 Å². The molecule has 7 nitrogen and oxygen atoms in total. The zero-order valence-electron chi connectivity index (χ0n) is 18.4. The van der Waals surface area contributed by atoms with Crippen molar-refractivity contribution in [2.24, 2.45) is 5.92 Å². The lowest BCUT2D eigenvalue weighted by Crippen LogP contribution is -2.65. The van der Waals surface area contributed by atoms with Gasteiger partial charge in [0.2, 0.25) is 11.4 Å². The van der Waals surface area contributed by atoms with Crippen LogP contribution in [-0.4, -0.2) is 55.0 Å². The van der Waals surface area contributed by atoms with Crippen molar-refractivity contribution in [3.63, 3.8) is 0 Å². The van der Waals surface area contributed by atoms with E-state index in [-0.39, 0.29) is 23.8 Å². The number of carbonyl (C=O) groups excluding carboxylic acids is 2. The molecule has 5 rings (SSSR count). The molecule has 1 saturated heterocycles. The fraction of sp³-hybridized carbons (Fsp3) is 0.500. The molecular weight excluding hydrogens is 396 g/mol. The molecule has 7 heteroatoms. The molecule has 0 saturated carbocycles. The highest BCUT2D eigenvalue weighted by molar-refractivity contribution is 5.92. The van der Waals surface area contributed by atoms with Gasteiger partial charge in [-0.2, -0.15) is 0 Å². The van der Waals surface area contributed by atoms with Crippen molar-refractivity contribution in [1.82, 2.24) is 9.47 Å². The Labute approximate surface area is 181 Å². The molecule has 1 fully saturated rings. The van der Waals surface area contributed by atoms with Gasteiger partial charge in [0.15, 0.2) is 6.29 Å². The van der Waals surface area contributed by atoms with Crippen molar-refractivity contribution in [2.75, 3.05) is 27.4 Å². The van der Waals surface area contributed by atoms with Gasteiger partial charge in [0.05, 0.1) is 19.8 Å². The lowest BCUT2D eigenvalue weighted by molar-refractivity contribution is -0.230. The Bertz CT molecular complexity index is 1100. The molecular formula is C24H28N2O5. The summed E-state index contributed by atoms with van der Waals surface area (Å²) in [7, 11) is 2.98. The van der Waals surface area contributed by atoms with Gasteiger partial charge in [-0.15, -0.1) is 0 Å². The molecule has 0 bridgehead atoms. The van der Waals surface area contributed by atoms with E-state index >= 15 is 0 Å². The van der Waals surface area contributed by atoms with Gasteiger partial charge >= 0.3 is 5.97 Å². The standard InChI is InChI=1S/C24H28N2O5/c1-5-15-13-31-23(30-4)24(22(28)29-3)18(15)12-20-21-17(10-11-25(20)14(2)27)16-8-6-7-9-19(16)26(21)24/h5-9,18,20,23H,10-13H2,1-4H3/b15-5-/t18-,20-,23+,24+/m0/s1. The summed E-state index contributed by atoms with van der Waals surface area (Å²) in [5, 5.41) is 1.11. The van der Waals surface area contributed by atoms with E-state index in [1.807, 2.05) is 36.1 Å². The molecule has 31 heavy (non-hydrogen) atoms. The third-order valence-electron chi connectivity index (χ3n) is 7.38. The summed E-state index contributed by atoms with van der Waals surface area (Å²) in [6.07, 6.45) is 2.59. The number of benzene rings is 1. The zero-order valence-corrected chi connectivity index (χ0v) is 18.4. The first-order valence-corrected chi connectivity index (χ1v) is 10.8. The molecule has 1 aromatic carbocycles. The summed E-state index contributed by atoms with van der Waals surface area (Å²) in [5.41, 5.74) is 2.97. The van der Waals surface area contributed by atoms with Gasteiger partial charge in [0, 0.05) is 43.1 Å². The maximum absolute atomic E-state index is 13.7. The lowest BCUT2D eigenvalue weighted by Gasteiger charge is -2.55. The second-order valence-corrected chi connectivity index (χ2v) is 8.54. The lowest BCUT2D eigenvalue weighted by atomic mass is 9.68. The normalized spacial score (nSPS) is 30.8. The number of esters is 1. The van der Waals surface area contributed by atoms with Gasteiger partial charge in [-0.1, -0.05) is 24.3 Å². The van der Waals surface area contributed by atoms with Crippen molar-refractivity contribution in [3.05, 3.63) is 47.2 Å². The van der Waals surface area contributed by atoms with Crippen molar-refractivity contribution in [2.45, 2.75) is 44.6 Å². The van der Waals surface area contributed by atoms with E-state index in [4.69, 9.17) is 14.2 Å². The van der Waals surface area contributed by atoms with E-state index in [1.165, 1.54) is 12.7 Å². The molecule has 164 valence electrons. The van der Waals surface area contributed by atoms with Crippen LogP contribution in [0.2, 0.25) is 0 Å². The molecule has 0 unspecified atom stereocenters. The van der Waals surface area contributed by atoms with Gasteiger partial charge in [0.25, 0.3) is 0 Å². The Kier molecular flexibility index (Phi) is 4.71. The first kappa shape index (κ1) is 20.3. The summed E-state index contributed by atoms with van der Waals surface area (Å²) in [6.45, 7) is 4.64. The number of rotatable bonds is 2. The molecule has 1 amide bonds. The number of allylic oxidation sites excluding steroid dienone is 1. The summed E-state index contributed by atoms with van der Waals surface area (Å²) < 4.78 is 19.4. The fourth-order valence-electron chi connectivity index (χ4n) is 6.18. The number of nitrogens with zero attached hydrogens (tertiary/aromatic N) is 2. The van der Waals surface area contributed by atoms with Gasteiger partial charge in [-0.05, 0) is 37.0 Å². The number of hydrogen-bond donors (Lipinski definition) is 0. The van der Waals surface area contributed by atoms with E-state index < -0.39 is 11.8 Å². The van der Waals surface area contributed by atoms with E-state index in [2.05, 4.69) is 10.6 Å². The van der Waals surface area contributed by atoms with Gasteiger partial charge < -0.3 is 23.7 Å². The Morgan fingerprint density at radius 3 is 2.71 bits per heavy atom. The molecule has 3 aliphatic heterocycles. The van der Waals surface area contributed by atoms with Crippen LogP contribution < -0.4 is 0 Å². The molecule has 3 aliphatic rings. The Morgan fingerprint density at radius 1 is 1.26 bits per heavy atom. The number of amides is 1. The highest BCUT2D eigenvalue weighted by Crippen LogP contribution is 2.56. The van der Waals surface area contributed by atoms with Crippen LogP contribution in [0.25, 0.3) is 10.9 Å². The summed E-state index contributed by atoms with van der Waals surface area (Å²) >= 11 is 0. The molecule has 0 N–H and O–H groups in total. The minimum atomic E-state index is -1.20. The smallest absolute Gasteiger partial charge is 0.338 e. The first-order chi connectivity index (χ1) is 15.0. The Morgan fingerprint density at radius 2 is 2.03 bits per heavy atom. The molecule has 0 aliphatic carbocycles. The number of aromatic nitrogens is 1. The highest BCUT2D eigenvalue weighted by atomic mass is 16.7. The topological polar surface area (TPSA) is 70.0 Å². The number of para-hydroxylation sites is 1. The maximum Gasteiger partial charge on any atom is 0.338 e. The van der Waals surface area contributed by atoms with E-state index in [0.29, 0.717) is 19.6 Å². The van der Waals surface area contributed by atoms with Crippen molar-refractivity contribution in [3.8, 4) is 0 Å². The molecule has 0 spiro atoms. The van der Waals surface area contributed by atoms with Crippen LogP contribution >= 0.6 is 0 Å². The third kappa shape index (κ3) is 2.47. The maximum atomic E-state index is 13.7. The molecule has 2 aromatic rings. The summed E-state index contributed by atoms with van der Waals surface area (Å²) in [4.78, 5) is 28.2. The van der Waals surface area contributed by atoms with Crippen LogP contribution in [0, 0.1) is 5.92 Å². The Balaban J connectivity index is 1.92. The van der Waals surface area contributed by atoms with Crippen LogP contribution in [0.4, 0.5) is 0 Å². The van der Waals surface area contributed by atoms with Crippen molar-refractivity contribution < 1.29 is 23.8 Å². The van der Waals surface area contributed by atoms with Crippen LogP contribution in [0.5, 0.6) is 0 Å². The minimum Gasteiger partial charge on any atom is -0.467 e. The molecule has 0 radical (unpaired) electrons. The summed E-state index contributed by atoms with van der Waals surface area (Å²) in [6, 6.07) is 8.01. The Hall–Kier alpha value is -2.64.